The summed E-state index contributed by atoms with van der Waals surface area (Å²) in [5, 5.41) is 13.2. The van der Waals surface area contributed by atoms with Crippen LogP contribution in [0.3, 0.4) is 0 Å². The summed E-state index contributed by atoms with van der Waals surface area (Å²) in [5.41, 5.74) is -0.207. The first-order valence-corrected chi connectivity index (χ1v) is 8.17. The lowest BCUT2D eigenvalue weighted by atomic mass is 9.99. The van der Waals surface area contributed by atoms with E-state index in [9.17, 15) is 5.26 Å². The minimum absolute atomic E-state index is 0.207. The third kappa shape index (κ3) is 3.30. The molecule has 3 aliphatic carbocycles. The van der Waals surface area contributed by atoms with E-state index < -0.39 is 0 Å². The molecule has 0 amide bonds. The fourth-order valence-electron chi connectivity index (χ4n) is 3.56. The lowest BCUT2D eigenvalue weighted by Crippen LogP contribution is -2.45. The third-order valence-electron chi connectivity index (χ3n) is 4.98. The smallest absolute Gasteiger partial charge is 0.108 e. The number of nitriles is 1. The van der Waals surface area contributed by atoms with Crippen LogP contribution in [0.15, 0.2) is 0 Å². The van der Waals surface area contributed by atoms with Crippen LogP contribution >= 0.6 is 0 Å². The van der Waals surface area contributed by atoms with Crippen LogP contribution in [0.2, 0.25) is 0 Å². The highest BCUT2D eigenvalue weighted by molar-refractivity contribution is 5.15. The molecule has 0 bridgehead atoms. The summed E-state index contributed by atoms with van der Waals surface area (Å²) in [5.74, 6) is 0.958. The van der Waals surface area contributed by atoms with Gasteiger partial charge in [-0.2, -0.15) is 5.26 Å². The van der Waals surface area contributed by atoms with E-state index in [1.54, 1.807) is 0 Å². The number of nitrogens with one attached hydrogen (secondary N) is 1. The van der Waals surface area contributed by atoms with E-state index in [2.05, 4.69) is 23.2 Å². The molecule has 3 heteroatoms. The van der Waals surface area contributed by atoms with Crippen molar-refractivity contribution in [3.05, 3.63) is 0 Å². The molecule has 3 rings (SSSR count). The molecule has 2 atom stereocenters. The van der Waals surface area contributed by atoms with Gasteiger partial charge in [0.05, 0.1) is 6.07 Å². The molecule has 3 fully saturated rings. The molecule has 19 heavy (non-hydrogen) atoms. The molecular formula is C16H27N3. The topological polar surface area (TPSA) is 39.1 Å². The van der Waals surface area contributed by atoms with Gasteiger partial charge in [0.1, 0.15) is 5.54 Å². The van der Waals surface area contributed by atoms with Crippen molar-refractivity contribution >= 4 is 0 Å². The first-order valence-electron chi connectivity index (χ1n) is 8.17. The van der Waals surface area contributed by atoms with Crippen LogP contribution in [-0.2, 0) is 0 Å². The van der Waals surface area contributed by atoms with E-state index in [1.165, 1.54) is 51.6 Å². The Bertz CT molecular complexity index is 353. The highest BCUT2D eigenvalue weighted by atomic mass is 15.2. The summed E-state index contributed by atoms with van der Waals surface area (Å²) in [7, 11) is 0. The fourth-order valence-corrected chi connectivity index (χ4v) is 3.56. The fraction of sp³-hybridized carbons (Fsp3) is 0.938. The van der Waals surface area contributed by atoms with Gasteiger partial charge in [-0.05, 0) is 63.8 Å². The zero-order valence-corrected chi connectivity index (χ0v) is 12.2. The summed E-state index contributed by atoms with van der Waals surface area (Å²) >= 11 is 0. The van der Waals surface area contributed by atoms with E-state index in [0.29, 0.717) is 12.1 Å². The maximum Gasteiger partial charge on any atom is 0.108 e. The van der Waals surface area contributed by atoms with Gasteiger partial charge in [-0.3, -0.25) is 5.32 Å². The Labute approximate surface area is 117 Å². The number of hydrogen-bond donors (Lipinski definition) is 1. The molecule has 0 heterocycles. The average molecular weight is 261 g/mol. The van der Waals surface area contributed by atoms with Crippen molar-refractivity contribution in [2.75, 3.05) is 13.1 Å². The van der Waals surface area contributed by atoms with Crippen molar-refractivity contribution in [3.8, 4) is 6.07 Å². The Morgan fingerprint density at radius 1 is 1.26 bits per heavy atom. The van der Waals surface area contributed by atoms with Gasteiger partial charge in [-0.25, -0.2) is 0 Å². The molecule has 0 aromatic carbocycles. The number of rotatable bonds is 7. The maximum atomic E-state index is 9.59. The molecule has 0 aromatic rings. The minimum Gasteiger partial charge on any atom is -0.300 e. The molecule has 0 spiro atoms. The van der Waals surface area contributed by atoms with E-state index in [4.69, 9.17) is 0 Å². The molecule has 0 radical (unpaired) electrons. The van der Waals surface area contributed by atoms with Crippen LogP contribution in [0.4, 0.5) is 0 Å². The van der Waals surface area contributed by atoms with Crippen molar-refractivity contribution in [3.63, 3.8) is 0 Å². The normalized spacial score (nSPS) is 34.7. The Morgan fingerprint density at radius 2 is 2.05 bits per heavy atom. The molecule has 106 valence electrons. The molecule has 2 unspecified atom stereocenters. The summed E-state index contributed by atoms with van der Waals surface area (Å²) in [4.78, 5) is 2.69. The Kier molecular flexibility index (Phi) is 3.82. The summed E-state index contributed by atoms with van der Waals surface area (Å²) in [6.45, 7) is 4.77. The molecule has 0 aromatic heterocycles. The van der Waals surface area contributed by atoms with E-state index in [-0.39, 0.29) is 5.54 Å². The lowest BCUT2D eigenvalue weighted by molar-refractivity contribution is 0.184. The number of nitrogens with zero attached hydrogens (tertiary/aromatic N) is 2. The number of hydrogen-bond acceptors (Lipinski definition) is 3. The molecule has 3 nitrogen and oxygen atoms in total. The Balaban J connectivity index is 1.59. The van der Waals surface area contributed by atoms with Crippen LogP contribution in [0, 0.1) is 17.2 Å². The molecule has 3 saturated carbocycles. The molecular weight excluding hydrogens is 234 g/mol. The van der Waals surface area contributed by atoms with Crippen LogP contribution < -0.4 is 5.32 Å². The average Bonchev–Trinajstić information content (AvgIpc) is 3.31. The standard InChI is InChI=1S/C16H27N3/c1-2-9-19(11-13-3-4-13)15-7-8-16(10-15,12-17)18-14-5-6-14/h13-15,18H,2-11H2,1H3. The Hall–Kier alpha value is -0.590. The molecule has 1 N–H and O–H groups in total. The summed E-state index contributed by atoms with van der Waals surface area (Å²) in [6, 6.07) is 3.89. The van der Waals surface area contributed by atoms with E-state index >= 15 is 0 Å². The quantitative estimate of drug-likeness (QED) is 0.766. The summed E-state index contributed by atoms with van der Waals surface area (Å²) in [6.07, 6.45) is 9.94. The zero-order valence-electron chi connectivity index (χ0n) is 12.2. The van der Waals surface area contributed by atoms with Crippen LogP contribution in [-0.4, -0.2) is 35.6 Å². The van der Waals surface area contributed by atoms with Crippen LogP contribution in [0.25, 0.3) is 0 Å². The SMILES string of the molecule is CCCN(CC1CC1)C1CCC(C#N)(NC2CC2)C1. The van der Waals surface area contributed by atoms with Gasteiger partial charge in [0.2, 0.25) is 0 Å². The molecule has 0 aliphatic heterocycles. The zero-order chi connectivity index (χ0) is 13.3. The largest absolute Gasteiger partial charge is 0.300 e. The van der Waals surface area contributed by atoms with Crippen molar-refractivity contribution < 1.29 is 0 Å². The highest BCUT2D eigenvalue weighted by Gasteiger charge is 2.44. The first-order chi connectivity index (χ1) is 9.24. The van der Waals surface area contributed by atoms with Gasteiger partial charge >= 0.3 is 0 Å². The maximum absolute atomic E-state index is 9.59. The predicted octanol–water partition coefficient (Wildman–Crippen LogP) is 2.68. The predicted molar refractivity (Wildman–Crippen MR) is 76.7 cm³/mol. The third-order valence-corrected chi connectivity index (χ3v) is 4.98. The summed E-state index contributed by atoms with van der Waals surface area (Å²) < 4.78 is 0. The Morgan fingerprint density at radius 3 is 2.63 bits per heavy atom. The first kappa shape index (κ1) is 13.4. The van der Waals surface area contributed by atoms with Crippen LogP contribution in [0.5, 0.6) is 0 Å². The van der Waals surface area contributed by atoms with Gasteiger partial charge in [0.15, 0.2) is 0 Å². The van der Waals surface area contributed by atoms with Gasteiger partial charge in [-0.1, -0.05) is 6.92 Å². The molecule has 0 saturated heterocycles. The second-order valence-corrected chi connectivity index (χ2v) is 6.95. The van der Waals surface area contributed by atoms with Crippen molar-refractivity contribution in [2.24, 2.45) is 5.92 Å². The van der Waals surface area contributed by atoms with Gasteiger partial charge in [0.25, 0.3) is 0 Å². The van der Waals surface area contributed by atoms with E-state index in [0.717, 1.165) is 18.8 Å². The van der Waals surface area contributed by atoms with Crippen LogP contribution in [0.1, 0.15) is 58.3 Å². The highest BCUT2D eigenvalue weighted by Crippen LogP contribution is 2.38. The molecule has 3 aliphatic rings. The van der Waals surface area contributed by atoms with Gasteiger partial charge < -0.3 is 4.90 Å². The van der Waals surface area contributed by atoms with Gasteiger partial charge in [0, 0.05) is 18.6 Å². The minimum atomic E-state index is -0.207. The van der Waals surface area contributed by atoms with Crippen molar-refractivity contribution in [2.45, 2.75) is 75.9 Å². The van der Waals surface area contributed by atoms with Crippen molar-refractivity contribution in [1.82, 2.24) is 10.2 Å². The van der Waals surface area contributed by atoms with E-state index in [1.807, 2.05) is 0 Å². The second-order valence-electron chi connectivity index (χ2n) is 6.95. The lowest BCUT2D eigenvalue weighted by Gasteiger charge is -2.30. The van der Waals surface area contributed by atoms with Gasteiger partial charge in [-0.15, -0.1) is 0 Å². The monoisotopic (exact) mass is 261 g/mol. The van der Waals surface area contributed by atoms with Crippen molar-refractivity contribution in [1.29, 1.82) is 5.26 Å². The second kappa shape index (κ2) is 5.42.